The van der Waals surface area contributed by atoms with Crippen LogP contribution in [0.2, 0.25) is 0 Å². The minimum absolute atomic E-state index is 0.388. The molecule has 1 aromatic rings. The van der Waals surface area contributed by atoms with Gasteiger partial charge in [0.25, 0.3) is 0 Å². The van der Waals surface area contributed by atoms with Crippen LogP contribution in [0.25, 0.3) is 0 Å². The summed E-state index contributed by atoms with van der Waals surface area (Å²) in [4.78, 5) is 0. The molecule has 2 aliphatic rings. The van der Waals surface area contributed by atoms with Crippen LogP contribution >= 0.6 is 11.8 Å². The van der Waals surface area contributed by atoms with Crippen molar-refractivity contribution in [2.75, 3.05) is 12.3 Å². The van der Waals surface area contributed by atoms with Gasteiger partial charge in [0.2, 0.25) is 0 Å². The number of benzene rings is 1. The molecule has 1 aliphatic carbocycles. The monoisotopic (exact) mass is 305 g/mol. The van der Waals surface area contributed by atoms with E-state index in [-0.39, 0.29) is 0 Å². The predicted octanol–water partition coefficient (Wildman–Crippen LogP) is 3.90. The highest BCUT2D eigenvalue weighted by atomic mass is 32.2. The Hall–Kier alpha value is -0.510. The number of aliphatic hydroxyl groups is 1. The van der Waals surface area contributed by atoms with Crippen LogP contribution in [-0.2, 0) is 5.75 Å². The molecule has 2 nitrogen and oxygen atoms in total. The maximum absolute atomic E-state index is 10.8. The molecule has 116 valence electrons. The first-order valence-electron chi connectivity index (χ1n) is 8.09. The van der Waals surface area contributed by atoms with Crippen LogP contribution in [0.1, 0.15) is 56.7 Å². The van der Waals surface area contributed by atoms with Gasteiger partial charge in [-0.2, -0.15) is 11.8 Å². The van der Waals surface area contributed by atoms with Gasteiger partial charge in [-0.1, -0.05) is 38.1 Å². The molecule has 1 fully saturated rings. The first kappa shape index (κ1) is 15.4. The highest BCUT2D eigenvalue weighted by Crippen LogP contribution is 2.40. The standard InChI is InChI=1S/C18H27NOS/c1-17(2)7-9-18(20,10-8-17)13-19-16-12-21-11-14-5-3-4-6-15(14)16/h3-6,16,19-20H,7-13H2,1-2H3. The van der Waals surface area contributed by atoms with Gasteiger partial charge < -0.3 is 10.4 Å². The summed E-state index contributed by atoms with van der Waals surface area (Å²) in [6.07, 6.45) is 4.10. The molecule has 1 unspecified atom stereocenters. The van der Waals surface area contributed by atoms with E-state index in [1.54, 1.807) is 0 Å². The van der Waals surface area contributed by atoms with Crippen LogP contribution in [0.5, 0.6) is 0 Å². The Morgan fingerprint density at radius 2 is 1.90 bits per heavy atom. The Bertz CT molecular complexity index is 490. The van der Waals surface area contributed by atoms with Gasteiger partial charge in [-0.3, -0.25) is 0 Å². The summed E-state index contributed by atoms with van der Waals surface area (Å²) >= 11 is 1.99. The Morgan fingerprint density at radius 3 is 2.67 bits per heavy atom. The maximum Gasteiger partial charge on any atom is 0.0772 e. The van der Waals surface area contributed by atoms with Gasteiger partial charge in [0.05, 0.1) is 5.60 Å². The molecule has 3 heteroatoms. The highest BCUT2D eigenvalue weighted by molar-refractivity contribution is 7.98. The van der Waals surface area contributed by atoms with Crippen LogP contribution in [-0.4, -0.2) is 23.0 Å². The minimum Gasteiger partial charge on any atom is -0.389 e. The molecule has 1 atom stereocenters. The third-order valence-electron chi connectivity index (χ3n) is 5.18. The average Bonchev–Trinajstić information content (AvgIpc) is 2.49. The first-order valence-corrected chi connectivity index (χ1v) is 9.24. The molecule has 0 amide bonds. The van der Waals surface area contributed by atoms with Crippen LogP contribution in [0, 0.1) is 5.41 Å². The molecule has 0 radical (unpaired) electrons. The van der Waals surface area contributed by atoms with Crippen molar-refractivity contribution < 1.29 is 5.11 Å². The van der Waals surface area contributed by atoms with Crippen molar-refractivity contribution in [3.8, 4) is 0 Å². The molecule has 1 aliphatic heterocycles. The quantitative estimate of drug-likeness (QED) is 0.888. The molecule has 0 saturated heterocycles. The molecule has 1 aromatic carbocycles. The van der Waals surface area contributed by atoms with Crippen molar-refractivity contribution in [1.29, 1.82) is 0 Å². The van der Waals surface area contributed by atoms with Crippen LogP contribution in [0.4, 0.5) is 0 Å². The fourth-order valence-electron chi connectivity index (χ4n) is 3.43. The number of rotatable bonds is 3. The van der Waals surface area contributed by atoms with Crippen molar-refractivity contribution in [1.82, 2.24) is 5.32 Å². The lowest BCUT2D eigenvalue weighted by molar-refractivity contribution is -0.0257. The van der Waals surface area contributed by atoms with Gasteiger partial charge in [-0.25, -0.2) is 0 Å². The molecule has 1 saturated carbocycles. The number of nitrogens with one attached hydrogen (secondary N) is 1. The summed E-state index contributed by atoms with van der Waals surface area (Å²) < 4.78 is 0. The summed E-state index contributed by atoms with van der Waals surface area (Å²) in [6.45, 7) is 5.35. The van der Waals surface area contributed by atoms with Gasteiger partial charge in [-0.05, 0) is 42.2 Å². The summed E-state index contributed by atoms with van der Waals surface area (Å²) in [5.74, 6) is 2.23. The third-order valence-corrected chi connectivity index (χ3v) is 6.27. The Balaban J connectivity index is 1.61. The van der Waals surface area contributed by atoms with E-state index in [1.807, 2.05) is 11.8 Å². The largest absolute Gasteiger partial charge is 0.389 e. The van der Waals surface area contributed by atoms with Crippen molar-refractivity contribution in [2.45, 2.75) is 56.9 Å². The number of hydrogen-bond acceptors (Lipinski definition) is 3. The van der Waals surface area contributed by atoms with Gasteiger partial charge >= 0.3 is 0 Å². The number of thioether (sulfide) groups is 1. The predicted molar refractivity (Wildman–Crippen MR) is 90.5 cm³/mol. The molecule has 0 spiro atoms. The first-order chi connectivity index (χ1) is 9.98. The molecule has 0 aromatic heterocycles. The summed E-state index contributed by atoms with van der Waals surface area (Å²) in [5.41, 5.74) is 2.77. The summed E-state index contributed by atoms with van der Waals surface area (Å²) in [6, 6.07) is 9.10. The van der Waals surface area contributed by atoms with E-state index in [2.05, 4.69) is 43.4 Å². The normalized spacial score (nSPS) is 27.1. The van der Waals surface area contributed by atoms with E-state index in [1.165, 1.54) is 11.1 Å². The SMILES string of the molecule is CC1(C)CCC(O)(CNC2CSCc3ccccc32)CC1. The zero-order valence-corrected chi connectivity index (χ0v) is 14.0. The van der Waals surface area contributed by atoms with E-state index >= 15 is 0 Å². The van der Waals surface area contributed by atoms with Crippen LogP contribution in [0.3, 0.4) is 0 Å². The van der Waals surface area contributed by atoms with E-state index in [9.17, 15) is 5.11 Å². The topological polar surface area (TPSA) is 32.3 Å². The maximum atomic E-state index is 10.8. The molecule has 3 rings (SSSR count). The van der Waals surface area contributed by atoms with Crippen molar-refractivity contribution in [3.63, 3.8) is 0 Å². The van der Waals surface area contributed by atoms with Crippen molar-refractivity contribution >= 4 is 11.8 Å². The van der Waals surface area contributed by atoms with Crippen LogP contribution in [0.15, 0.2) is 24.3 Å². The van der Waals surface area contributed by atoms with Gasteiger partial charge in [0, 0.05) is 24.1 Å². The highest BCUT2D eigenvalue weighted by Gasteiger charge is 2.37. The molecule has 0 bridgehead atoms. The molecular formula is C18H27NOS. The molecule has 21 heavy (non-hydrogen) atoms. The molecular weight excluding hydrogens is 278 g/mol. The summed E-state index contributed by atoms with van der Waals surface area (Å²) in [5, 5.41) is 14.5. The lowest BCUT2D eigenvalue weighted by Crippen LogP contribution is -2.46. The van der Waals surface area contributed by atoms with E-state index in [0.29, 0.717) is 11.5 Å². The third kappa shape index (κ3) is 3.64. The van der Waals surface area contributed by atoms with Gasteiger partial charge in [0.15, 0.2) is 0 Å². The van der Waals surface area contributed by atoms with Gasteiger partial charge in [0.1, 0.15) is 0 Å². The minimum atomic E-state index is -0.507. The van der Waals surface area contributed by atoms with Crippen LogP contribution < -0.4 is 5.32 Å². The lowest BCUT2D eigenvalue weighted by Gasteiger charge is -2.41. The fourth-order valence-corrected chi connectivity index (χ4v) is 4.57. The second kappa shape index (κ2) is 5.94. The lowest BCUT2D eigenvalue weighted by atomic mass is 9.71. The molecule has 2 N–H and O–H groups in total. The van der Waals surface area contributed by atoms with E-state index < -0.39 is 5.60 Å². The van der Waals surface area contributed by atoms with Gasteiger partial charge in [-0.15, -0.1) is 0 Å². The van der Waals surface area contributed by atoms with E-state index in [0.717, 1.165) is 43.7 Å². The molecule has 1 heterocycles. The zero-order chi connectivity index (χ0) is 14.9. The average molecular weight is 305 g/mol. The fraction of sp³-hybridized carbons (Fsp3) is 0.667. The smallest absolute Gasteiger partial charge is 0.0772 e. The number of fused-ring (bicyclic) bond motifs is 1. The second-order valence-corrected chi connectivity index (χ2v) is 8.57. The Morgan fingerprint density at radius 1 is 1.19 bits per heavy atom. The zero-order valence-electron chi connectivity index (χ0n) is 13.2. The van der Waals surface area contributed by atoms with Crippen molar-refractivity contribution in [2.24, 2.45) is 5.41 Å². The van der Waals surface area contributed by atoms with Crippen molar-refractivity contribution in [3.05, 3.63) is 35.4 Å². The Kier molecular flexibility index (Phi) is 4.35. The Labute approximate surface area is 132 Å². The van der Waals surface area contributed by atoms with E-state index in [4.69, 9.17) is 0 Å². The summed E-state index contributed by atoms with van der Waals surface area (Å²) in [7, 11) is 0. The second-order valence-electron chi connectivity index (χ2n) is 7.54. The number of hydrogen-bond donors (Lipinski definition) is 2.